The molecule has 0 saturated carbocycles. The predicted octanol–water partition coefficient (Wildman–Crippen LogP) is 5.42. The van der Waals surface area contributed by atoms with Crippen molar-refractivity contribution in [2.24, 2.45) is 5.92 Å². The fourth-order valence-corrected chi connectivity index (χ4v) is 4.22. The van der Waals surface area contributed by atoms with Gasteiger partial charge in [0.2, 0.25) is 0 Å². The molecule has 2 aromatic rings. The molecule has 0 radical (unpaired) electrons. The molecule has 2 aliphatic rings. The normalized spacial score (nSPS) is 23.2. The quantitative estimate of drug-likeness (QED) is 0.735. The van der Waals surface area contributed by atoms with Crippen LogP contribution >= 0.6 is 0 Å². The van der Waals surface area contributed by atoms with E-state index in [0.717, 1.165) is 19.3 Å². The van der Waals surface area contributed by atoms with E-state index in [4.69, 9.17) is 4.74 Å². The monoisotopic (exact) mass is 316 g/mol. The minimum absolute atomic E-state index is 0.360. The van der Waals surface area contributed by atoms with Gasteiger partial charge < -0.3 is 4.74 Å². The first-order valence-corrected chi connectivity index (χ1v) is 8.88. The molecule has 2 aliphatic carbocycles. The molecule has 0 aromatic heterocycles. The Kier molecular flexibility index (Phi) is 4.12. The fourth-order valence-electron chi connectivity index (χ4n) is 4.22. The lowest BCUT2D eigenvalue weighted by Crippen LogP contribution is -2.23. The summed E-state index contributed by atoms with van der Waals surface area (Å²) < 4.78 is 5.63. The highest BCUT2D eigenvalue weighted by Crippen LogP contribution is 2.43. The van der Waals surface area contributed by atoms with E-state index in [1.807, 2.05) is 7.11 Å². The summed E-state index contributed by atoms with van der Waals surface area (Å²) in [4.78, 5) is 0. The van der Waals surface area contributed by atoms with Crippen LogP contribution in [0.3, 0.4) is 0 Å². The van der Waals surface area contributed by atoms with E-state index in [-0.39, 0.29) is 0 Å². The first-order chi connectivity index (χ1) is 11.8. The fraction of sp³-hybridized carbons (Fsp3) is 0.304. The number of hydrogen-bond acceptors (Lipinski definition) is 1. The summed E-state index contributed by atoms with van der Waals surface area (Å²) in [5.41, 5.74) is 8.66. The van der Waals surface area contributed by atoms with Gasteiger partial charge in [0.15, 0.2) is 0 Å². The topological polar surface area (TPSA) is 9.23 Å². The second-order valence-electron chi connectivity index (χ2n) is 6.92. The maximum Gasteiger partial charge on any atom is 0.0634 e. The maximum atomic E-state index is 5.63. The van der Waals surface area contributed by atoms with Crippen LogP contribution in [0.25, 0.3) is 5.57 Å². The zero-order chi connectivity index (χ0) is 16.5. The lowest BCUT2D eigenvalue weighted by Gasteiger charge is -2.27. The smallest absolute Gasteiger partial charge is 0.0634 e. The minimum atomic E-state index is 0.360. The van der Waals surface area contributed by atoms with Crippen LogP contribution in [0, 0.1) is 5.92 Å². The summed E-state index contributed by atoms with van der Waals surface area (Å²) in [7, 11) is 1.83. The molecule has 0 spiro atoms. The standard InChI is InChI=1S/C23H24O/c1-16-14-19(12-13-22(16)24-2)21-15-18-10-6-7-11-20(18)23(21)17-8-4-3-5-9-17/h3-11,14,16,22H,12-13,15H2,1-2H3. The third-order valence-corrected chi connectivity index (χ3v) is 5.46. The Labute approximate surface area is 144 Å². The molecule has 24 heavy (non-hydrogen) atoms. The maximum absolute atomic E-state index is 5.63. The van der Waals surface area contributed by atoms with Crippen molar-refractivity contribution in [3.63, 3.8) is 0 Å². The van der Waals surface area contributed by atoms with Crippen LogP contribution in [0.1, 0.15) is 36.5 Å². The number of methoxy groups -OCH3 is 1. The zero-order valence-corrected chi connectivity index (χ0v) is 14.5. The summed E-state index contributed by atoms with van der Waals surface area (Å²) in [5.74, 6) is 0.479. The van der Waals surface area contributed by atoms with Gasteiger partial charge in [-0.3, -0.25) is 0 Å². The van der Waals surface area contributed by atoms with Crippen LogP contribution < -0.4 is 0 Å². The van der Waals surface area contributed by atoms with Gasteiger partial charge in [-0.25, -0.2) is 0 Å². The van der Waals surface area contributed by atoms with E-state index in [9.17, 15) is 0 Å². The molecule has 0 saturated heterocycles. The molecule has 122 valence electrons. The molecular weight excluding hydrogens is 292 g/mol. The average Bonchev–Trinajstić information content (AvgIpc) is 3.02. The predicted molar refractivity (Wildman–Crippen MR) is 99.9 cm³/mol. The summed E-state index contributed by atoms with van der Waals surface area (Å²) in [6, 6.07) is 19.7. The lowest BCUT2D eigenvalue weighted by molar-refractivity contribution is 0.0629. The molecule has 2 aromatic carbocycles. The highest BCUT2D eigenvalue weighted by Gasteiger charge is 2.28. The van der Waals surface area contributed by atoms with Gasteiger partial charge in [0.1, 0.15) is 0 Å². The van der Waals surface area contributed by atoms with Gasteiger partial charge >= 0.3 is 0 Å². The highest BCUT2D eigenvalue weighted by atomic mass is 16.5. The van der Waals surface area contributed by atoms with Crippen molar-refractivity contribution in [1.82, 2.24) is 0 Å². The number of fused-ring (bicyclic) bond motifs is 1. The van der Waals surface area contributed by atoms with Crippen molar-refractivity contribution in [3.05, 3.63) is 88.5 Å². The van der Waals surface area contributed by atoms with Crippen LogP contribution in [0.4, 0.5) is 0 Å². The number of hydrogen-bond donors (Lipinski definition) is 0. The molecule has 0 N–H and O–H groups in total. The first-order valence-electron chi connectivity index (χ1n) is 8.88. The van der Waals surface area contributed by atoms with Crippen LogP contribution in [0.2, 0.25) is 0 Å². The van der Waals surface area contributed by atoms with Crippen LogP contribution in [-0.2, 0) is 11.2 Å². The van der Waals surface area contributed by atoms with E-state index in [2.05, 4.69) is 67.6 Å². The molecule has 2 atom stereocenters. The van der Waals surface area contributed by atoms with Crippen LogP contribution in [-0.4, -0.2) is 13.2 Å². The molecule has 1 nitrogen and oxygen atoms in total. The van der Waals surface area contributed by atoms with Crippen molar-refractivity contribution in [3.8, 4) is 0 Å². The molecule has 0 fully saturated rings. The van der Waals surface area contributed by atoms with Crippen LogP contribution in [0.15, 0.2) is 71.8 Å². The van der Waals surface area contributed by atoms with E-state index in [1.54, 1.807) is 0 Å². The Morgan fingerprint density at radius 1 is 0.958 bits per heavy atom. The Hall–Kier alpha value is -2.12. The van der Waals surface area contributed by atoms with E-state index < -0.39 is 0 Å². The van der Waals surface area contributed by atoms with E-state index >= 15 is 0 Å². The second kappa shape index (κ2) is 6.41. The van der Waals surface area contributed by atoms with Crippen molar-refractivity contribution in [2.45, 2.75) is 32.3 Å². The van der Waals surface area contributed by atoms with Crippen molar-refractivity contribution in [1.29, 1.82) is 0 Å². The minimum Gasteiger partial charge on any atom is -0.381 e. The number of benzene rings is 2. The average molecular weight is 316 g/mol. The summed E-state index contributed by atoms with van der Waals surface area (Å²) in [6.07, 6.45) is 6.09. The van der Waals surface area contributed by atoms with Gasteiger partial charge in [0, 0.05) is 13.0 Å². The van der Waals surface area contributed by atoms with Crippen molar-refractivity contribution >= 4 is 5.57 Å². The largest absolute Gasteiger partial charge is 0.381 e. The highest BCUT2D eigenvalue weighted by molar-refractivity contribution is 5.89. The molecule has 4 rings (SSSR count). The molecule has 0 aliphatic heterocycles. The molecule has 0 heterocycles. The van der Waals surface area contributed by atoms with E-state index in [1.165, 1.54) is 33.4 Å². The van der Waals surface area contributed by atoms with Crippen molar-refractivity contribution < 1.29 is 4.74 Å². The van der Waals surface area contributed by atoms with Crippen LogP contribution in [0.5, 0.6) is 0 Å². The van der Waals surface area contributed by atoms with Gasteiger partial charge in [0.05, 0.1) is 6.10 Å². The second-order valence-corrected chi connectivity index (χ2v) is 6.92. The summed E-state index contributed by atoms with van der Waals surface area (Å²) in [6.45, 7) is 2.28. The third kappa shape index (κ3) is 2.63. The van der Waals surface area contributed by atoms with Gasteiger partial charge in [-0.05, 0) is 52.7 Å². The number of rotatable bonds is 3. The molecule has 2 unspecified atom stereocenters. The van der Waals surface area contributed by atoms with Gasteiger partial charge in [-0.15, -0.1) is 0 Å². The SMILES string of the molecule is COC1CCC(C2=C(c3ccccc3)c3ccccc3C2)=CC1C. The van der Waals surface area contributed by atoms with Crippen molar-refractivity contribution in [2.75, 3.05) is 7.11 Å². The number of allylic oxidation sites excluding steroid dienone is 2. The third-order valence-electron chi connectivity index (χ3n) is 5.46. The Balaban J connectivity index is 1.83. The Morgan fingerprint density at radius 3 is 2.46 bits per heavy atom. The Morgan fingerprint density at radius 2 is 1.71 bits per heavy atom. The first kappa shape index (κ1) is 15.4. The lowest BCUT2D eigenvalue weighted by atomic mass is 9.83. The summed E-state index contributed by atoms with van der Waals surface area (Å²) >= 11 is 0. The Bertz CT molecular complexity index is 798. The van der Waals surface area contributed by atoms with Gasteiger partial charge in [-0.2, -0.15) is 0 Å². The van der Waals surface area contributed by atoms with E-state index in [0.29, 0.717) is 12.0 Å². The molecular formula is C23H24O. The molecule has 0 bridgehead atoms. The molecule has 0 amide bonds. The zero-order valence-electron chi connectivity index (χ0n) is 14.5. The van der Waals surface area contributed by atoms with Gasteiger partial charge in [0.25, 0.3) is 0 Å². The van der Waals surface area contributed by atoms with Gasteiger partial charge in [-0.1, -0.05) is 67.6 Å². The summed E-state index contributed by atoms with van der Waals surface area (Å²) in [5, 5.41) is 0. The number of ether oxygens (including phenoxy) is 1. The molecule has 1 heteroatoms.